The van der Waals surface area contributed by atoms with E-state index in [1.807, 2.05) is 12.1 Å². The van der Waals surface area contributed by atoms with E-state index in [1.54, 1.807) is 7.11 Å². The Morgan fingerprint density at radius 3 is 2.50 bits per heavy atom. The molecule has 0 bridgehead atoms. The lowest BCUT2D eigenvalue weighted by molar-refractivity contribution is -0.142. The van der Waals surface area contributed by atoms with Crippen LogP contribution in [0, 0.1) is 0 Å². The van der Waals surface area contributed by atoms with Gasteiger partial charge in [0.2, 0.25) is 5.91 Å². The van der Waals surface area contributed by atoms with E-state index in [-0.39, 0.29) is 17.8 Å². The number of hydrogen-bond acceptors (Lipinski definition) is 5. The average molecular weight is 432 g/mol. The number of amides is 1. The lowest BCUT2D eigenvalue weighted by atomic mass is 9.63. The van der Waals surface area contributed by atoms with Gasteiger partial charge in [0.05, 0.1) is 19.1 Å². The van der Waals surface area contributed by atoms with E-state index < -0.39 is 0 Å². The van der Waals surface area contributed by atoms with Gasteiger partial charge in [0.1, 0.15) is 17.4 Å². The molecule has 1 saturated heterocycles. The third-order valence-electron chi connectivity index (χ3n) is 7.06. The number of nitrogens with one attached hydrogen (secondary N) is 1. The summed E-state index contributed by atoms with van der Waals surface area (Å²) >= 11 is 0. The van der Waals surface area contributed by atoms with Gasteiger partial charge < -0.3 is 19.5 Å². The Balaban J connectivity index is 0.00000218. The molecule has 3 heterocycles. The first kappa shape index (κ1) is 21.1. The summed E-state index contributed by atoms with van der Waals surface area (Å²) in [6.45, 7) is 4.33. The quantitative estimate of drug-likeness (QED) is 0.805. The third kappa shape index (κ3) is 3.48. The molecule has 1 amide bonds. The highest BCUT2D eigenvalue weighted by molar-refractivity contribution is 5.89. The van der Waals surface area contributed by atoms with Gasteiger partial charge in [0.25, 0.3) is 0 Å². The predicted octanol–water partition coefficient (Wildman–Crippen LogP) is 2.64. The molecule has 5 rings (SSSR count). The monoisotopic (exact) mass is 431 g/mol. The maximum absolute atomic E-state index is 13.5. The van der Waals surface area contributed by atoms with Crippen molar-refractivity contribution in [2.75, 3.05) is 26.7 Å². The Hall–Kier alpha value is -2.12. The number of nitrogens with zero attached hydrogens (tertiary/aromatic N) is 4. The fraction of sp³-hybridized carbons (Fsp3) is 0.591. The van der Waals surface area contributed by atoms with Crippen LogP contribution in [0.4, 0.5) is 0 Å². The van der Waals surface area contributed by atoms with Crippen LogP contribution in [0.15, 0.2) is 24.3 Å². The molecule has 3 aliphatic rings. The molecule has 2 aromatic rings. The zero-order valence-electron chi connectivity index (χ0n) is 17.5. The van der Waals surface area contributed by atoms with Gasteiger partial charge in [-0.05, 0) is 43.4 Å². The number of methoxy groups -OCH3 is 1. The summed E-state index contributed by atoms with van der Waals surface area (Å²) in [6, 6.07) is 8.08. The molecule has 1 aliphatic carbocycles. The number of hydrogen-bond donors (Lipinski definition) is 1. The molecule has 0 unspecified atom stereocenters. The van der Waals surface area contributed by atoms with Crippen molar-refractivity contribution in [2.24, 2.45) is 0 Å². The van der Waals surface area contributed by atoms with Gasteiger partial charge in [-0.1, -0.05) is 18.6 Å². The Morgan fingerprint density at radius 1 is 1.13 bits per heavy atom. The number of likely N-dealkylation sites (tertiary alicyclic amines) is 1. The van der Waals surface area contributed by atoms with Crippen molar-refractivity contribution < 1.29 is 9.53 Å². The molecule has 0 atom stereocenters. The second kappa shape index (κ2) is 8.55. The van der Waals surface area contributed by atoms with Crippen LogP contribution in [-0.2, 0) is 23.3 Å². The van der Waals surface area contributed by atoms with Crippen LogP contribution in [0.2, 0.25) is 0 Å². The summed E-state index contributed by atoms with van der Waals surface area (Å²) in [4.78, 5) is 15.6. The van der Waals surface area contributed by atoms with E-state index >= 15 is 0 Å². The first-order valence-corrected chi connectivity index (χ1v) is 10.8. The highest BCUT2D eigenvalue weighted by Gasteiger charge is 2.48. The van der Waals surface area contributed by atoms with Crippen molar-refractivity contribution in [2.45, 2.75) is 56.5 Å². The van der Waals surface area contributed by atoms with Crippen molar-refractivity contribution in [3.05, 3.63) is 41.5 Å². The molecule has 1 N–H and O–H groups in total. The first-order chi connectivity index (χ1) is 14.2. The Bertz CT molecular complexity index is 885. The van der Waals surface area contributed by atoms with Crippen LogP contribution < -0.4 is 10.1 Å². The summed E-state index contributed by atoms with van der Waals surface area (Å²) < 4.78 is 7.57. The van der Waals surface area contributed by atoms with Crippen molar-refractivity contribution >= 4 is 18.3 Å². The van der Waals surface area contributed by atoms with Crippen LogP contribution in [0.1, 0.15) is 55.2 Å². The number of piperidine rings is 1. The molecule has 2 fully saturated rings. The summed E-state index contributed by atoms with van der Waals surface area (Å²) in [5.74, 6) is 3.69. The molecule has 2 aliphatic heterocycles. The van der Waals surface area contributed by atoms with Gasteiger partial charge >= 0.3 is 0 Å². The smallest absolute Gasteiger partial charge is 0.233 e. The largest absolute Gasteiger partial charge is 0.497 e. The van der Waals surface area contributed by atoms with Gasteiger partial charge in [-0.2, -0.15) is 0 Å². The van der Waals surface area contributed by atoms with Gasteiger partial charge in [-0.25, -0.2) is 0 Å². The van der Waals surface area contributed by atoms with Crippen LogP contribution in [0.3, 0.4) is 0 Å². The summed E-state index contributed by atoms with van der Waals surface area (Å²) in [5.41, 5.74) is 0.800. The molecular weight excluding hydrogens is 402 g/mol. The molecule has 1 aromatic carbocycles. The number of carbonyl (C=O) groups excluding carboxylic acids is 1. The molecule has 162 valence electrons. The molecule has 0 spiro atoms. The number of fused-ring (bicyclic) bond motifs is 1. The minimum absolute atomic E-state index is 0. The van der Waals surface area contributed by atoms with Gasteiger partial charge in [-0.3, -0.25) is 4.79 Å². The molecule has 8 heteroatoms. The van der Waals surface area contributed by atoms with E-state index in [1.165, 1.54) is 0 Å². The Morgan fingerprint density at radius 2 is 1.87 bits per heavy atom. The summed E-state index contributed by atoms with van der Waals surface area (Å²) in [5, 5.41) is 12.2. The lowest BCUT2D eigenvalue weighted by Crippen LogP contribution is -2.53. The minimum Gasteiger partial charge on any atom is -0.497 e. The van der Waals surface area contributed by atoms with Crippen molar-refractivity contribution in [3.8, 4) is 5.75 Å². The van der Waals surface area contributed by atoms with E-state index in [0.29, 0.717) is 11.8 Å². The third-order valence-corrected chi connectivity index (χ3v) is 7.06. The molecule has 0 radical (unpaired) electrons. The molecule has 1 aromatic heterocycles. The standard InChI is InChI=1S/C22H29N5O2.ClH/c1-29-18-5-3-17(4-6-18)22(9-2-10-22)21(28)26-12-7-16(8-13-26)20-25-24-19-15-23-11-14-27(19)20;/h3-6,16,23H,2,7-15H2,1H3;1H. The molecule has 7 nitrogen and oxygen atoms in total. The lowest BCUT2D eigenvalue weighted by Gasteiger charge is -2.45. The average Bonchev–Trinajstić information content (AvgIpc) is 3.18. The van der Waals surface area contributed by atoms with Crippen LogP contribution in [-0.4, -0.2) is 52.3 Å². The first-order valence-electron chi connectivity index (χ1n) is 10.8. The summed E-state index contributed by atoms with van der Waals surface area (Å²) in [6.07, 6.45) is 4.95. The zero-order chi connectivity index (χ0) is 19.8. The Labute approximate surface area is 183 Å². The maximum atomic E-state index is 13.5. The number of rotatable bonds is 4. The van der Waals surface area contributed by atoms with Gasteiger partial charge in [-0.15, -0.1) is 22.6 Å². The topological polar surface area (TPSA) is 72.3 Å². The zero-order valence-corrected chi connectivity index (χ0v) is 18.3. The fourth-order valence-corrected chi connectivity index (χ4v) is 5.13. The van der Waals surface area contributed by atoms with Crippen LogP contribution in [0.5, 0.6) is 5.75 Å². The number of ether oxygens (including phenoxy) is 1. The van der Waals surface area contributed by atoms with Gasteiger partial charge in [0, 0.05) is 32.1 Å². The van der Waals surface area contributed by atoms with E-state index in [2.05, 4.69) is 37.1 Å². The summed E-state index contributed by atoms with van der Waals surface area (Å²) in [7, 11) is 1.67. The van der Waals surface area contributed by atoms with E-state index in [9.17, 15) is 4.79 Å². The van der Waals surface area contributed by atoms with Crippen LogP contribution >= 0.6 is 12.4 Å². The highest BCUT2D eigenvalue weighted by atomic mass is 35.5. The molecular formula is C22H30ClN5O2. The Kier molecular flexibility index (Phi) is 6.02. The number of aromatic nitrogens is 3. The van der Waals surface area contributed by atoms with Gasteiger partial charge in [0.15, 0.2) is 0 Å². The second-order valence-corrected chi connectivity index (χ2v) is 8.53. The van der Waals surface area contributed by atoms with Crippen molar-refractivity contribution in [1.29, 1.82) is 0 Å². The highest BCUT2D eigenvalue weighted by Crippen LogP contribution is 2.46. The van der Waals surface area contributed by atoms with Crippen molar-refractivity contribution in [1.82, 2.24) is 25.0 Å². The van der Waals surface area contributed by atoms with Crippen molar-refractivity contribution in [3.63, 3.8) is 0 Å². The SMILES string of the molecule is COc1ccc(C2(C(=O)N3CCC(c4nnc5n4CCNC5)CC3)CCC2)cc1.Cl. The normalized spacial score (nSPS) is 20.6. The number of carbonyl (C=O) groups is 1. The second-order valence-electron chi connectivity index (χ2n) is 8.53. The predicted molar refractivity (Wildman–Crippen MR) is 116 cm³/mol. The fourth-order valence-electron chi connectivity index (χ4n) is 5.13. The maximum Gasteiger partial charge on any atom is 0.233 e. The molecule has 1 saturated carbocycles. The van der Waals surface area contributed by atoms with Crippen LogP contribution in [0.25, 0.3) is 0 Å². The number of benzene rings is 1. The number of halogens is 1. The molecule has 30 heavy (non-hydrogen) atoms. The minimum atomic E-state index is -0.335. The van der Waals surface area contributed by atoms with E-state index in [4.69, 9.17) is 4.74 Å². The van der Waals surface area contributed by atoms with E-state index in [0.717, 1.165) is 87.8 Å².